The number of nitrogens with zero attached hydrogens (tertiary/aromatic N) is 5. The maximum Gasteiger partial charge on any atom is 0.263 e. The van der Waals surface area contributed by atoms with Crippen LogP contribution in [0.15, 0.2) is 66.0 Å². The minimum absolute atomic E-state index is 0.0266. The Morgan fingerprint density at radius 2 is 1.97 bits per heavy atom. The van der Waals surface area contributed by atoms with Crippen LogP contribution in [-0.4, -0.2) is 58.8 Å². The molecule has 188 valence electrons. The van der Waals surface area contributed by atoms with Gasteiger partial charge in [0.1, 0.15) is 6.33 Å². The fourth-order valence-electron chi connectivity index (χ4n) is 4.55. The zero-order valence-electron chi connectivity index (χ0n) is 19.5. The second kappa shape index (κ2) is 10.1. The molecular weight excluding hydrogens is 520 g/mol. The number of halogens is 1. The van der Waals surface area contributed by atoms with Crippen molar-refractivity contribution in [3.63, 3.8) is 0 Å². The van der Waals surface area contributed by atoms with Crippen molar-refractivity contribution in [1.82, 2.24) is 18.8 Å². The highest BCUT2D eigenvalue weighted by Crippen LogP contribution is 2.26. The van der Waals surface area contributed by atoms with Gasteiger partial charge in [0.2, 0.25) is 11.0 Å². The normalized spacial score (nSPS) is 16.4. The number of piperazine rings is 1. The van der Waals surface area contributed by atoms with Crippen molar-refractivity contribution in [3.05, 3.63) is 66.1 Å². The number of rotatable bonds is 7. The van der Waals surface area contributed by atoms with Gasteiger partial charge in [0.05, 0.1) is 15.4 Å². The first-order chi connectivity index (χ1) is 17.3. The topological polar surface area (TPSA) is 100 Å². The van der Waals surface area contributed by atoms with Crippen LogP contribution < -0.4 is 9.62 Å². The van der Waals surface area contributed by atoms with Crippen molar-refractivity contribution in [2.45, 2.75) is 30.8 Å². The molecule has 0 saturated carbocycles. The van der Waals surface area contributed by atoms with Crippen LogP contribution in [0.3, 0.4) is 0 Å². The minimum atomic E-state index is -3.73. The molecule has 0 aliphatic carbocycles. The first kappa shape index (κ1) is 24.5. The number of para-hydroxylation sites is 1. The van der Waals surface area contributed by atoms with Crippen molar-refractivity contribution in [2.24, 2.45) is 0 Å². The third-order valence-corrected chi connectivity index (χ3v) is 8.72. The van der Waals surface area contributed by atoms with Gasteiger partial charge in [-0.15, -0.1) is 0 Å². The number of aromatic nitrogens is 3. The van der Waals surface area contributed by atoms with E-state index in [1.807, 2.05) is 46.9 Å². The van der Waals surface area contributed by atoms with Gasteiger partial charge in [0, 0.05) is 67.4 Å². The Labute approximate surface area is 218 Å². The third-order valence-electron chi connectivity index (χ3n) is 6.35. The number of carbonyl (C=O) groups is 1. The van der Waals surface area contributed by atoms with E-state index < -0.39 is 10.0 Å². The number of nitrogens with one attached hydrogen (secondary N) is 1. The van der Waals surface area contributed by atoms with Crippen molar-refractivity contribution < 1.29 is 13.2 Å². The number of hydrogen-bond acceptors (Lipinski definition) is 7. The Kier molecular flexibility index (Phi) is 6.87. The van der Waals surface area contributed by atoms with E-state index in [4.69, 9.17) is 11.6 Å². The highest BCUT2D eigenvalue weighted by atomic mass is 35.5. The molecule has 0 bridgehead atoms. The van der Waals surface area contributed by atoms with Gasteiger partial charge in [-0.25, -0.2) is 13.4 Å². The predicted molar refractivity (Wildman–Crippen MR) is 142 cm³/mol. The monoisotopic (exact) mass is 544 g/mol. The first-order valence-electron chi connectivity index (χ1n) is 11.5. The van der Waals surface area contributed by atoms with E-state index >= 15 is 0 Å². The van der Waals surface area contributed by atoms with E-state index in [1.165, 1.54) is 6.33 Å². The average Bonchev–Trinajstić information content (AvgIpc) is 3.53. The summed E-state index contributed by atoms with van der Waals surface area (Å²) in [5.74, 6) is 0.111. The van der Waals surface area contributed by atoms with Crippen LogP contribution >= 0.6 is 23.1 Å². The van der Waals surface area contributed by atoms with Gasteiger partial charge in [0.15, 0.2) is 0 Å². The van der Waals surface area contributed by atoms with E-state index in [-0.39, 0.29) is 22.0 Å². The molecule has 2 aromatic heterocycles. The van der Waals surface area contributed by atoms with E-state index in [9.17, 15) is 13.2 Å². The van der Waals surface area contributed by atoms with Gasteiger partial charge in [-0.3, -0.25) is 9.52 Å². The molecular formula is C24H25ClN6O3S2. The Morgan fingerprint density at radius 1 is 1.17 bits per heavy atom. The predicted octanol–water partition coefficient (Wildman–Crippen LogP) is 4.07. The fourth-order valence-corrected chi connectivity index (χ4v) is 6.50. The lowest BCUT2D eigenvalue weighted by atomic mass is 10.1. The highest BCUT2D eigenvalue weighted by Gasteiger charge is 2.27. The molecule has 1 atom stereocenters. The molecule has 3 heterocycles. The van der Waals surface area contributed by atoms with Crippen LogP contribution in [-0.2, 0) is 21.4 Å². The molecule has 12 heteroatoms. The largest absolute Gasteiger partial charge is 0.368 e. The number of fused-ring (bicyclic) bond motifs is 1. The van der Waals surface area contributed by atoms with Gasteiger partial charge >= 0.3 is 0 Å². The molecule has 1 aliphatic rings. The fraction of sp³-hybridized carbons (Fsp3) is 0.292. The molecule has 4 aromatic rings. The number of anilines is 2. The van der Waals surface area contributed by atoms with E-state index in [0.717, 1.165) is 28.1 Å². The summed E-state index contributed by atoms with van der Waals surface area (Å²) in [7, 11) is -3.73. The highest BCUT2D eigenvalue weighted by molar-refractivity contribution is 7.93. The number of carbonyl (C=O) groups excluding carboxylic acids is 1. The lowest BCUT2D eigenvalue weighted by molar-refractivity contribution is -0.133. The Balaban J connectivity index is 1.19. The number of hydrogen-bond donors (Lipinski definition) is 1. The summed E-state index contributed by atoms with van der Waals surface area (Å²) in [5, 5.41) is 1.97. The summed E-state index contributed by atoms with van der Waals surface area (Å²) >= 11 is 7.35. The minimum Gasteiger partial charge on any atom is -0.368 e. The zero-order chi connectivity index (χ0) is 25.3. The van der Waals surface area contributed by atoms with Gasteiger partial charge in [-0.2, -0.15) is 4.37 Å². The maximum atomic E-state index is 13.0. The van der Waals surface area contributed by atoms with Crippen molar-refractivity contribution in [1.29, 1.82) is 0 Å². The summed E-state index contributed by atoms with van der Waals surface area (Å²) in [4.78, 5) is 21.1. The van der Waals surface area contributed by atoms with Crippen LogP contribution in [0.2, 0.25) is 5.02 Å². The Morgan fingerprint density at radius 3 is 2.69 bits per heavy atom. The summed E-state index contributed by atoms with van der Waals surface area (Å²) in [6.07, 6.45) is 3.67. The quantitative estimate of drug-likeness (QED) is 0.376. The summed E-state index contributed by atoms with van der Waals surface area (Å²) < 4.78 is 33.4. The Bertz CT molecular complexity index is 1470. The van der Waals surface area contributed by atoms with Crippen molar-refractivity contribution in [3.8, 4) is 0 Å². The van der Waals surface area contributed by atoms with Crippen LogP contribution in [0.4, 0.5) is 10.8 Å². The van der Waals surface area contributed by atoms with Crippen LogP contribution in [0.25, 0.3) is 10.9 Å². The second-order valence-electron chi connectivity index (χ2n) is 8.66. The molecule has 0 radical (unpaired) electrons. The smallest absolute Gasteiger partial charge is 0.263 e. The van der Waals surface area contributed by atoms with E-state index in [0.29, 0.717) is 37.6 Å². The average molecular weight is 545 g/mol. The van der Waals surface area contributed by atoms with Crippen molar-refractivity contribution in [2.75, 3.05) is 29.3 Å². The molecule has 1 aliphatic heterocycles. The molecule has 9 nitrogen and oxygen atoms in total. The molecule has 5 rings (SSSR count). The molecule has 2 aromatic carbocycles. The number of benzene rings is 2. The molecule has 1 N–H and O–H groups in total. The number of sulfonamides is 1. The molecule has 0 unspecified atom stereocenters. The van der Waals surface area contributed by atoms with Crippen LogP contribution in [0.1, 0.15) is 13.3 Å². The molecule has 0 spiro atoms. The summed E-state index contributed by atoms with van der Waals surface area (Å²) in [6, 6.07) is 14.6. The van der Waals surface area contributed by atoms with Crippen LogP contribution in [0, 0.1) is 0 Å². The molecule has 1 amide bonds. The van der Waals surface area contributed by atoms with Crippen molar-refractivity contribution >= 4 is 60.8 Å². The standard InChI is InChI=1S/C24H25ClN6O3S2/c1-17-15-30(19-5-7-20(8-6-19)36(33,34)28-24-26-16-27-35-24)13-14-31(17)22(32)10-12-29-11-9-18-3-2-4-21(25)23(18)29/h2-9,11,16-17H,10,12-15H2,1H3,(H,26,27,28)/t17-/m0/s1. The Hall–Kier alpha value is -3.15. The zero-order valence-corrected chi connectivity index (χ0v) is 21.9. The van der Waals surface area contributed by atoms with Crippen LogP contribution in [0.5, 0.6) is 0 Å². The van der Waals surface area contributed by atoms with Gasteiger partial charge in [-0.05, 0) is 43.3 Å². The lowest BCUT2D eigenvalue weighted by Gasteiger charge is -2.41. The number of aryl methyl sites for hydroxylation is 1. The maximum absolute atomic E-state index is 13.0. The number of amides is 1. The third kappa shape index (κ3) is 5.04. The molecule has 36 heavy (non-hydrogen) atoms. The molecule has 1 saturated heterocycles. The SMILES string of the molecule is C[C@H]1CN(c2ccc(S(=O)(=O)Nc3ncns3)cc2)CCN1C(=O)CCn1ccc2cccc(Cl)c21. The summed E-state index contributed by atoms with van der Waals surface area (Å²) in [5.41, 5.74) is 1.87. The van der Waals surface area contributed by atoms with E-state index in [2.05, 4.69) is 19.0 Å². The van der Waals surface area contributed by atoms with Gasteiger partial charge in [-0.1, -0.05) is 23.7 Å². The summed E-state index contributed by atoms with van der Waals surface area (Å²) in [6.45, 7) is 4.55. The lowest BCUT2D eigenvalue weighted by Crippen LogP contribution is -2.54. The van der Waals surface area contributed by atoms with Gasteiger partial charge in [0.25, 0.3) is 10.0 Å². The first-order valence-corrected chi connectivity index (χ1v) is 14.1. The van der Waals surface area contributed by atoms with E-state index in [1.54, 1.807) is 24.3 Å². The second-order valence-corrected chi connectivity index (χ2v) is 11.5. The van der Waals surface area contributed by atoms with Gasteiger partial charge < -0.3 is 14.4 Å². The molecule has 1 fully saturated rings.